The van der Waals surface area contributed by atoms with E-state index in [0.717, 1.165) is 48.9 Å². The predicted molar refractivity (Wildman–Crippen MR) is 123 cm³/mol. The topological polar surface area (TPSA) is 49.3 Å². The number of aliphatic hydroxyl groups is 1. The van der Waals surface area contributed by atoms with E-state index in [1.54, 1.807) is 0 Å². The number of carbonyl (C=O) groups excluding carboxylic acids is 1. The molecule has 0 heterocycles. The minimum atomic E-state index is -0.0434. The van der Waals surface area contributed by atoms with E-state index in [9.17, 15) is 9.90 Å². The molecule has 3 nitrogen and oxygen atoms in total. The van der Waals surface area contributed by atoms with Gasteiger partial charge in [-0.2, -0.15) is 0 Å². The van der Waals surface area contributed by atoms with Gasteiger partial charge in [0.2, 0.25) is 5.91 Å². The lowest BCUT2D eigenvalue weighted by Crippen LogP contribution is -2.54. The van der Waals surface area contributed by atoms with Crippen molar-refractivity contribution >= 4 is 5.91 Å². The molecule has 0 aromatic heterocycles. The standard InChI is InChI=1S/C27H47NO2/c1-17(2)28-25(30)11-6-18(3)22-9-10-23-21-8-7-19-16-20(29)12-14-26(19,4)24(21)13-15-27(22,23)5/h17-24,29H,6-16H2,1-5H3,(H,28,30)/t18-,19?,20-,21?,22-,23?,24?,26+,27-/m1/s1. The van der Waals surface area contributed by atoms with E-state index in [1.165, 1.54) is 44.9 Å². The lowest BCUT2D eigenvalue weighted by atomic mass is 9.44. The summed E-state index contributed by atoms with van der Waals surface area (Å²) in [7, 11) is 0. The van der Waals surface area contributed by atoms with Crippen LogP contribution in [0.5, 0.6) is 0 Å². The van der Waals surface area contributed by atoms with E-state index in [1.807, 2.05) is 13.8 Å². The second-order valence-corrected chi connectivity index (χ2v) is 12.6. The lowest BCUT2D eigenvalue weighted by molar-refractivity contribution is -0.130. The molecule has 3 heteroatoms. The van der Waals surface area contributed by atoms with E-state index in [0.29, 0.717) is 23.2 Å². The van der Waals surface area contributed by atoms with Crippen LogP contribution in [0.25, 0.3) is 0 Å². The first-order valence-electron chi connectivity index (χ1n) is 13.1. The maximum absolute atomic E-state index is 12.2. The molecule has 4 unspecified atom stereocenters. The molecule has 172 valence electrons. The molecule has 4 fully saturated rings. The van der Waals surface area contributed by atoms with E-state index >= 15 is 0 Å². The summed E-state index contributed by atoms with van der Waals surface area (Å²) < 4.78 is 0. The average molecular weight is 418 g/mol. The highest BCUT2D eigenvalue weighted by Gasteiger charge is 2.60. The minimum Gasteiger partial charge on any atom is -0.393 e. The van der Waals surface area contributed by atoms with Crippen LogP contribution in [0, 0.1) is 46.3 Å². The fraction of sp³-hybridized carbons (Fsp3) is 0.963. The number of rotatable bonds is 5. The average Bonchev–Trinajstić information content (AvgIpc) is 3.03. The maximum atomic E-state index is 12.2. The zero-order chi connectivity index (χ0) is 21.7. The Morgan fingerprint density at radius 2 is 1.67 bits per heavy atom. The SMILES string of the molecule is CC(C)NC(=O)CC[C@@H](C)[C@H]1CCC2C3CCC4C[C@H](O)CC[C@]4(C)C3CC[C@@]21C. The fourth-order valence-electron chi connectivity index (χ4n) is 9.16. The first kappa shape index (κ1) is 22.6. The molecule has 0 saturated heterocycles. The van der Waals surface area contributed by atoms with Gasteiger partial charge in [0, 0.05) is 12.5 Å². The lowest BCUT2D eigenvalue weighted by Gasteiger charge is -2.61. The van der Waals surface area contributed by atoms with Gasteiger partial charge in [-0.25, -0.2) is 0 Å². The Labute approximate surface area is 185 Å². The Hall–Kier alpha value is -0.570. The number of nitrogens with one attached hydrogen (secondary N) is 1. The molecule has 30 heavy (non-hydrogen) atoms. The summed E-state index contributed by atoms with van der Waals surface area (Å²) in [6.07, 6.45) is 13.3. The highest BCUT2D eigenvalue weighted by molar-refractivity contribution is 5.76. The number of amides is 1. The Kier molecular flexibility index (Phi) is 6.34. The van der Waals surface area contributed by atoms with Crippen LogP contribution in [0.1, 0.15) is 105 Å². The van der Waals surface area contributed by atoms with Crippen LogP contribution in [0.4, 0.5) is 0 Å². The minimum absolute atomic E-state index is 0.0434. The molecule has 0 radical (unpaired) electrons. The first-order chi connectivity index (χ1) is 14.1. The molecule has 0 bridgehead atoms. The van der Waals surface area contributed by atoms with E-state index in [2.05, 4.69) is 26.1 Å². The normalized spacial score (nSPS) is 46.6. The van der Waals surface area contributed by atoms with E-state index in [4.69, 9.17) is 0 Å². The first-order valence-corrected chi connectivity index (χ1v) is 13.1. The number of hydrogen-bond acceptors (Lipinski definition) is 2. The van der Waals surface area contributed by atoms with Crippen molar-refractivity contribution in [1.82, 2.24) is 5.32 Å². The van der Waals surface area contributed by atoms with Crippen LogP contribution < -0.4 is 5.32 Å². The summed E-state index contributed by atoms with van der Waals surface area (Å²) in [6.45, 7) is 11.7. The fourth-order valence-corrected chi connectivity index (χ4v) is 9.16. The molecule has 2 N–H and O–H groups in total. The van der Waals surface area contributed by atoms with Gasteiger partial charge in [0.25, 0.3) is 0 Å². The second-order valence-electron chi connectivity index (χ2n) is 12.6. The number of hydrogen-bond donors (Lipinski definition) is 2. The predicted octanol–water partition coefficient (Wildman–Crippen LogP) is 5.95. The molecule has 4 aliphatic rings. The third-order valence-electron chi connectivity index (χ3n) is 10.7. The van der Waals surface area contributed by atoms with Crippen LogP contribution >= 0.6 is 0 Å². The Morgan fingerprint density at radius 1 is 0.967 bits per heavy atom. The molecule has 0 aromatic rings. The van der Waals surface area contributed by atoms with Crippen LogP contribution in [0.15, 0.2) is 0 Å². The number of aliphatic hydroxyl groups excluding tert-OH is 1. The molecular formula is C27H47NO2. The van der Waals surface area contributed by atoms with Gasteiger partial charge in [-0.15, -0.1) is 0 Å². The summed E-state index contributed by atoms with van der Waals surface area (Å²) in [5.41, 5.74) is 0.953. The molecule has 9 atom stereocenters. The second kappa shape index (κ2) is 8.41. The molecule has 0 spiro atoms. The monoisotopic (exact) mass is 417 g/mol. The molecule has 0 aromatic carbocycles. The summed E-state index contributed by atoms with van der Waals surface area (Å²) >= 11 is 0. The third kappa shape index (κ3) is 3.86. The smallest absolute Gasteiger partial charge is 0.220 e. The van der Waals surface area contributed by atoms with Crippen molar-refractivity contribution in [2.75, 3.05) is 0 Å². The molecule has 1 amide bonds. The van der Waals surface area contributed by atoms with E-state index in [-0.39, 0.29) is 18.1 Å². The summed E-state index contributed by atoms with van der Waals surface area (Å²) in [5, 5.41) is 13.3. The van der Waals surface area contributed by atoms with Crippen LogP contribution in [-0.4, -0.2) is 23.2 Å². The summed E-state index contributed by atoms with van der Waals surface area (Å²) in [5.74, 6) is 5.08. The van der Waals surface area contributed by atoms with Crippen molar-refractivity contribution in [3.05, 3.63) is 0 Å². The molecule has 4 aliphatic carbocycles. The quantitative estimate of drug-likeness (QED) is 0.581. The van der Waals surface area contributed by atoms with Gasteiger partial charge in [-0.05, 0) is 124 Å². The van der Waals surface area contributed by atoms with Crippen molar-refractivity contribution in [2.24, 2.45) is 46.3 Å². The van der Waals surface area contributed by atoms with E-state index < -0.39 is 0 Å². The molecule has 4 saturated carbocycles. The molecular weight excluding hydrogens is 370 g/mol. The third-order valence-corrected chi connectivity index (χ3v) is 10.7. The highest BCUT2D eigenvalue weighted by atomic mass is 16.3. The van der Waals surface area contributed by atoms with Crippen molar-refractivity contribution in [3.8, 4) is 0 Å². The van der Waals surface area contributed by atoms with Crippen LogP contribution in [0.3, 0.4) is 0 Å². The summed E-state index contributed by atoms with van der Waals surface area (Å²) in [4.78, 5) is 12.2. The number of fused-ring (bicyclic) bond motifs is 5. The van der Waals surface area contributed by atoms with Crippen LogP contribution in [0.2, 0.25) is 0 Å². The summed E-state index contributed by atoms with van der Waals surface area (Å²) in [6, 6.07) is 0.244. The number of carbonyl (C=O) groups is 1. The van der Waals surface area contributed by atoms with Gasteiger partial charge < -0.3 is 10.4 Å². The Bertz CT molecular complexity index is 632. The van der Waals surface area contributed by atoms with Crippen molar-refractivity contribution in [3.63, 3.8) is 0 Å². The van der Waals surface area contributed by atoms with Gasteiger partial charge >= 0.3 is 0 Å². The van der Waals surface area contributed by atoms with Crippen molar-refractivity contribution < 1.29 is 9.90 Å². The van der Waals surface area contributed by atoms with Crippen molar-refractivity contribution in [2.45, 2.75) is 117 Å². The maximum Gasteiger partial charge on any atom is 0.220 e. The van der Waals surface area contributed by atoms with Gasteiger partial charge in [0.05, 0.1) is 6.10 Å². The van der Waals surface area contributed by atoms with Gasteiger partial charge in [0.1, 0.15) is 0 Å². The Balaban J connectivity index is 1.43. The van der Waals surface area contributed by atoms with Gasteiger partial charge in [-0.1, -0.05) is 20.8 Å². The van der Waals surface area contributed by atoms with Crippen molar-refractivity contribution in [1.29, 1.82) is 0 Å². The van der Waals surface area contributed by atoms with Gasteiger partial charge in [0.15, 0.2) is 0 Å². The molecule has 4 rings (SSSR count). The Morgan fingerprint density at radius 3 is 2.40 bits per heavy atom. The highest BCUT2D eigenvalue weighted by Crippen LogP contribution is 2.68. The van der Waals surface area contributed by atoms with Gasteiger partial charge in [-0.3, -0.25) is 4.79 Å². The zero-order valence-electron chi connectivity index (χ0n) is 20.3. The molecule has 0 aliphatic heterocycles. The zero-order valence-corrected chi connectivity index (χ0v) is 20.3. The van der Waals surface area contributed by atoms with Crippen LogP contribution in [-0.2, 0) is 4.79 Å². The largest absolute Gasteiger partial charge is 0.393 e.